The Labute approximate surface area is 185 Å². The van der Waals surface area contributed by atoms with Gasteiger partial charge in [-0.2, -0.15) is 4.31 Å². The predicted octanol–water partition coefficient (Wildman–Crippen LogP) is 3.03. The summed E-state index contributed by atoms with van der Waals surface area (Å²) in [5.41, 5.74) is 2.01. The third-order valence-electron chi connectivity index (χ3n) is 5.36. The maximum absolute atomic E-state index is 13.4. The third-order valence-corrected chi connectivity index (χ3v) is 7.74. The van der Waals surface area contributed by atoms with Crippen molar-refractivity contribution in [2.75, 3.05) is 23.8 Å². The molecular weight excluding hydrogens is 442 g/mol. The SMILES string of the molecule is CCc1cccc(NC(=O)C2CCCN2S(=O)(=O)c2cc3c(cc2Cl)NC(=O)CO3)c1. The van der Waals surface area contributed by atoms with Crippen molar-refractivity contribution in [3.63, 3.8) is 0 Å². The summed E-state index contributed by atoms with van der Waals surface area (Å²) in [6.45, 7) is 2.02. The summed E-state index contributed by atoms with van der Waals surface area (Å²) >= 11 is 6.25. The number of amides is 2. The minimum absolute atomic E-state index is 0.0498. The second kappa shape index (κ2) is 8.49. The molecule has 2 heterocycles. The van der Waals surface area contributed by atoms with Crippen LogP contribution in [0.3, 0.4) is 0 Å². The second-order valence-electron chi connectivity index (χ2n) is 7.43. The van der Waals surface area contributed by atoms with Gasteiger partial charge in [-0.3, -0.25) is 9.59 Å². The molecule has 1 saturated heterocycles. The molecule has 0 spiro atoms. The fourth-order valence-electron chi connectivity index (χ4n) is 3.79. The van der Waals surface area contributed by atoms with E-state index in [1.54, 1.807) is 6.07 Å². The van der Waals surface area contributed by atoms with Crippen LogP contribution in [0.25, 0.3) is 0 Å². The van der Waals surface area contributed by atoms with E-state index in [1.807, 2.05) is 25.1 Å². The number of rotatable bonds is 5. The van der Waals surface area contributed by atoms with Crippen molar-refractivity contribution in [3.05, 3.63) is 47.0 Å². The minimum atomic E-state index is -4.07. The maximum Gasteiger partial charge on any atom is 0.262 e. The van der Waals surface area contributed by atoms with Gasteiger partial charge in [-0.25, -0.2) is 8.42 Å². The molecule has 0 bridgehead atoms. The number of carbonyl (C=O) groups excluding carboxylic acids is 2. The van der Waals surface area contributed by atoms with Crippen LogP contribution >= 0.6 is 11.6 Å². The number of anilines is 2. The van der Waals surface area contributed by atoms with Crippen LogP contribution in [0.5, 0.6) is 5.75 Å². The molecule has 1 atom stereocenters. The van der Waals surface area contributed by atoms with Crippen molar-refractivity contribution in [3.8, 4) is 5.75 Å². The van der Waals surface area contributed by atoms with Gasteiger partial charge < -0.3 is 15.4 Å². The lowest BCUT2D eigenvalue weighted by Gasteiger charge is -2.25. The Kier molecular flexibility index (Phi) is 5.92. The molecule has 2 aliphatic rings. The molecule has 0 radical (unpaired) electrons. The first-order valence-corrected chi connectivity index (χ1v) is 11.8. The van der Waals surface area contributed by atoms with Crippen molar-refractivity contribution in [2.24, 2.45) is 0 Å². The normalized spacial score (nSPS) is 18.8. The van der Waals surface area contributed by atoms with Crippen molar-refractivity contribution in [1.29, 1.82) is 0 Å². The van der Waals surface area contributed by atoms with Gasteiger partial charge in [0.15, 0.2) is 6.61 Å². The molecule has 10 heteroatoms. The molecule has 8 nitrogen and oxygen atoms in total. The second-order valence-corrected chi connectivity index (χ2v) is 9.70. The van der Waals surface area contributed by atoms with E-state index < -0.39 is 16.1 Å². The summed E-state index contributed by atoms with van der Waals surface area (Å²) in [6, 6.07) is 9.26. The molecule has 2 aliphatic heterocycles. The average molecular weight is 464 g/mol. The van der Waals surface area contributed by atoms with Gasteiger partial charge >= 0.3 is 0 Å². The largest absolute Gasteiger partial charge is 0.482 e. The van der Waals surface area contributed by atoms with Crippen LogP contribution in [-0.4, -0.2) is 43.7 Å². The van der Waals surface area contributed by atoms with Crippen molar-refractivity contribution >= 4 is 44.8 Å². The van der Waals surface area contributed by atoms with E-state index in [0.29, 0.717) is 24.2 Å². The average Bonchev–Trinajstić information content (AvgIpc) is 3.24. The molecule has 1 fully saturated rings. The fraction of sp³-hybridized carbons (Fsp3) is 0.333. The molecule has 2 N–H and O–H groups in total. The zero-order valence-electron chi connectivity index (χ0n) is 16.9. The number of hydrogen-bond donors (Lipinski definition) is 2. The lowest BCUT2D eigenvalue weighted by molar-refractivity contribution is -0.119. The van der Waals surface area contributed by atoms with Gasteiger partial charge in [-0.05, 0) is 43.0 Å². The predicted molar refractivity (Wildman–Crippen MR) is 117 cm³/mol. The van der Waals surface area contributed by atoms with Crippen LogP contribution in [-0.2, 0) is 26.0 Å². The molecule has 2 amide bonds. The number of halogens is 1. The van der Waals surface area contributed by atoms with Crippen LogP contribution < -0.4 is 15.4 Å². The number of carbonyl (C=O) groups is 2. The summed E-state index contributed by atoms with van der Waals surface area (Å²) in [5, 5.41) is 5.37. The first-order valence-electron chi connectivity index (χ1n) is 9.97. The van der Waals surface area contributed by atoms with Crippen LogP contribution in [0.2, 0.25) is 5.02 Å². The number of aryl methyl sites for hydroxylation is 1. The fourth-order valence-corrected chi connectivity index (χ4v) is 5.97. The lowest BCUT2D eigenvalue weighted by Crippen LogP contribution is -2.43. The summed E-state index contributed by atoms with van der Waals surface area (Å²) in [6.07, 6.45) is 1.79. The number of fused-ring (bicyclic) bond motifs is 1. The number of ether oxygens (including phenoxy) is 1. The van der Waals surface area contributed by atoms with Crippen molar-refractivity contribution in [2.45, 2.75) is 37.1 Å². The Balaban J connectivity index is 1.60. The van der Waals surface area contributed by atoms with Gasteiger partial charge in [0.25, 0.3) is 5.91 Å². The van der Waals surface area contributed by atoms with E-state index in [9.17, 15) is 18.0 Å². The molecular formula is C21H22ClN3O5S. The highest BCUT2D eigenvalue weighted by Crippen LogP contribution is 2.38. The summed E-state index contributed by atoms with van der Waals surface area (Å²) < 4.78 is 33.3. The van der Waals surface area contributed by atoms with E-state index in [-0.39, 0.29) is 40.6 Å². The van der Waals surface area contributed by atoms with E-state index >= 15 is 0 Å². The summed E-state index contributed by atoms with van der Waals surface area (Å²) in [4.78, 5) is 24.3. The quantitative estimate of drug-likeness (QED) is 0.709. The van der Waals surface area contributed by atoms with Crippen LogP contribution in [0.4, 0.5) is 11.4 Å². The molecule has 164 valence electrons. The Hall–Kier alpha value is -2.62. The maximum atomic E-state index is 13.4. The molecule has 2 aromatic rings. The van der Waals surface area contributed by atoms with E-state index in [2.05, 4.69) is 10.6 Å². The molecule has 1 unspecified atom stereocenters. The number of benzene rings is 2. The zero-order valence-corrected chi connectivity index (χ0v) is 18.4. The van der Waals surface area contributed by atoms with Gasteiger partial charge in [0.1, 0.15) is 16.7 Å². The van der Waals surface area contributed by atoms with Crippen LogP contribution in [0.15, 0.2) is 41.3 Å². The highest BCUT2D eigenvalue weighted by atomic mass is 35.5. The highest BCUT2D eigenvalue weighted by molar-refractivity contribution is 7.89. The highest BCUT2D eigenvalue weighted by Gasteiger charge is 2.41. The molecule has 31 heavy (non-hydrogen) atoms. The third kappa shape index (κ3) is 4.26. The molecule has 4 rings (SSSR count). The number of hydrogen-bond acceptors (Lipinski definition) is 5. The summed E-state index contributed by atoms with van der Waals surface area (Å²) in [5.74, 6) is -0.506. The van der Waals surface area contributed by atoms with Crippen molar-refractivity contribution in [1.82, 2.24) is 4.31 Å². The van der Waals surface area contributed by atoms with Crippen molar-refractivity contribution < 1.29 is 22.7 Å². The number of sulfonamides is 1. The van der Waals surface area contributed by atoms with Crippen LogP contribution in [0, 0.1) is 0 Å². The Morgan fingerprint density at radius 3 is 2.90 bits per heavy atom. The Bertz CT molecular complexity index is 1150. The number of nitrogens with one attached hydrogen (secondary N) is 2. The molecule has 0 aliphatic carbocycles. The van der Waals surface area contributed by atoms with Gasteiger partial charge in [-0.1, -0.05) is 30.7 Å². The van der Waals surface area contributed by atoms with E-state index in [1.165, 1.54) is 16.4 Å². The van der Waals surface area contributed by atoms with E-state index in [4.69, 9.17) is 16.3 Å². The Morgan fingerprint density at radius 1 is 1.32 bits per heavy atom. The minimum Gasteiger partial charge on any atom is -0.482 e. The first-order chi connectivity index (χ1) is 14.8. The zero-order chi connectivity index (χ0) is 22.2. The molecule has 2 aromatic carbocycles. The first kappa shape index (κ1) is 21.6. The van der Waals surface area contributed by atoms with Crippen LogP contribution in [0.1, 0.15) is 25.3 Å². The summed E-state index contributed by atoms with van der Waals surface area (Å²) in [7, 11) is -4.07. The monoisotopic (exact) mass is 463 g/mol. The van der Waals surface area contributed by atoms with E-state index in [0.717, 1.165) is 12.0 Å². The smallest absolute Gasteiger partial charge is 0.262 e. The topological polar surface area (TPSA) is 105 Å². The van der Waals surface area contributed by atoms with Gasteiger partial charge in [-0.15, -0.1) is 0 Å². The number of nitrogens with zero attached hydrogens (tertiary/aromatic N) is 1. The molecule has 0 aromatic heterocycles. The molecule has 0 saturated carbocycles. The lowest BCUT2D eigenvalue weighted by atomic mass is 10.1. The van der Waals surface area contributed by atoms with Gasteiger partial charge in [0, 0.05) is 18.3 Å². The van der Waals surface area contributed by atoms with Gasteiger partial charge in [0.05, 0.1) is 10.7 Å². The van der Waals surface area contributed by atoms with Gasteiger partial charge in [0.2, 0.25) is 15.9 Å². The Morgan fingerprint density at radius 2 is 2.13 bits per heavy atom. The standard InChI is InChI=1S/C21H22ClN3O5S/c1-2-13-5-3-6-14(9-13)23-21(27)17-7-4-8-25(17)31(28,29)19-11-18-16(10-15(19)22)24-20(26)12-30-18/h3,5-6,9-11,17H,2,4,7-8,12H2,1H3,(H,23,27)(H,24,26).